The number of thioether (sulfide) groups is 1. The molecule has 1 aliphatic carbocycles. The van der Waals surface area contributed by atoms with E-state index in [9.17, 15) is 0 Å². The van der Waals surface area contributed by atoms with Gasteiger partial charge in [0.2, 0.25) is 0 Å². The molecule has 1 aliphatic heterocycles. The zero-order valence-electron chi connectivity index (χ0n) is 13.0. The molecule has 2 nitrogen and oxygen atoms in total. The van der Waals surface area contributed by atoms with E-state index in [0.29, 0.717) is 0 Å². The molecule has 2 aliphatic rings. The molecule has 1 aromatic carbocycles. The predicted octanol–water partition coefficient (Wildman–Crippen LogP) is 3.63. The second-order valence-electron chi connectivity index (χ2n) is 6.42. The van der Waals surface area contributed by atoms with Gasteiger partial charge in [-0.25, -0.2) is 0 Å². The summed E-state index contributed by atoms with van der Waals surface area (Å²) in [6, 6.07) is 11.5. The Kier molecular flexibility index (Phi) is 6.02. The molecule has 1 saturated carbocycles. The van der Waals surface area contributed by atoms with Crippen LogP contribution in [0.2, 0.25) is 0 Å². The van der Waals surface area contributed by atoms with E-state index in [4.69, 9.17) is 0 Å². The summed E-state index contributed by atoms with van der Waals surface area (Å²) < 4.78 is 0. The molecule has 1 aromatic rings. The molecule has 1 unspecified atom stereocenters. The molecule has 1 heterocycles. The van der Waals surface area contributed by atoms with E-state index < -0.39 is 0 Å². The number of nitrogens with one attached hydrogen (secondary N) is 1. The Morgan fingerprint density at radius 2 is 1.90 bits per heavy atom. The second-order valence-corrected chi connectivity index (χ2v) is 7.59. The van der Waals surface area contributed by atoms with Crippen molar-refractivity contribution in [2.45, 2.75) is 43.0 Å². The number of rotatable bonds is 5. The Morgan fingerprint density at radius 3 is 2.71 bits per heavy atom. The molecular formula is C18H28N2S. The lowest BCUT2D eigenvalue weighted by molar-refractivity contribution is 0.152. The summed E-state index contributed by atoms with van der Waals surface area (Å²) in [5, 5.41) is 3.78. The van der Waals surface area contributed by atoms with Crippen molar-refractivity contribution < 1.29 is 0 Å². The highest BCUT2D eigenvalue weighted by molar-refractivity contribution is 7.99. The van der Waals surface area contributed by atoms with Crippen LogP contribution in [0.25, 0.3) is 0 Å². The van der Waals surface area contributed by atoms with Crippen molar-refractivity contribution in [3.05, 3.63) is 30.3 Å². The Labute approximate surface area is 133 Å². The minimum absolute atomic E-state index is 0.751. The third-order valence-corrected chi connectivity index (χ3v) is 5.92. The van der Waals surface area contributed by atoms with Gasteiger partial charge >= 0.3 is 0 Å². The highest BCUT2D eigenvalue weighted by atomic mass is 32.2. The minimum atomic E-state index is 0.751. The molecule has 0 radical (unpaired) electrons. The van der Waals surface area contributed by atoms with E-state index >= 15 is 0 Å². The average Bonchev–Trinajstić information content (AvgIpc) is 2.57. The summed E-state index contributed by atoms with van der Waals surface area (Å²) >= 11 is 1.99. The number of hydrogen-bond acceptors (Lipinski definition) is 3. The summed E-state index contributed by atoms with van der Waals surface area (Å²) in [6.45, 7) is 4.89. The SMILES string of the molecule is c1ccc(SCCN2CCNC(C3CCCCC3)C2)cc1. The first-order valence-corrected chi connectivity index (χ1v) is 9.54. The normalized spacial score (nSPS) is 25.0. The van der Waals surface area contributed by atoms with Gasteiger partial charge < -0.3 is 5.32 Å². The zero-order chi connectivity index (χ0) is 14.3. The third-order valence-electron chi connectivity index (χ3n) is 4.93. The quantitative estimate of drug-likeness (QED) is 0.836. The van der Waals surface area contributed by atoms with Crippen LogP contribution in [-0.4, -0.2) is 42.9 Å². The highest BCUT2D eigenvalue weighted by Gasteiger charge is 2.27. The van der Waals surface area contributed by atoms with Crippen molar-refractivity contribution in [2.75, 3.05) is 31.9 Å². The largest absolute Gasteiger partial charge is 0.311 e. The van der Waals surface area contributed by atoms with Crippen LogP contribution in [0.1, 0.15) is 32.1 Å². The maximum atomic E-state index is 3.78. The number of hydrogen-bond donors (Lipinski definition) is 1. The van der Waals surface area contributed by atoms with Crippen LogP contribution in [0.15, 0.2) is 35.2 Å². The lowest BCUT2D eigenvalue weighted by atomic mass is 9.83. The van der Waals surface area contributed by atoms with Gasteiger partial charge in [0.1, 0.15) is 0 Å². The van der Waals surface area contributed by atoms with Crippen LogP contribution in [0, 0.1) is 5.92 Å². The van der Waals surface area contributed by atoms with E-state index in [1.807, 2.05) is 11.8 Å². The molecule has 1 atom stereocenters. The molecule has 21 heavy (non-hydrogen) atoms. The van der Waals surface area contributed by atoms with Crippen molar-refractivity contribution in [3.63, 3.8) is 0 Å². The molecule has 0 bridgehead atoms. The van der Waals surface area contributed by atoms with Crippen LogP contribution in [0.5, 0.6) is 0 Å². The van der Waals surface area contributed by atoms with Crippen molar-refractivity contribution >= 4 is 11.8 Å². The fourth-order valence-corrected chi connectivity index (χ4v) is 4.64. The van der Waals surface area contributed by atoms with Gasteiger partial charge in [-0.15, -0.1) is 11.8 Å². The van der Waals surface area contributed by atoms with Crippen molar-refractivity contribution in [2.24, 2.45) is 5.92 Å². The standard InChI is InChI=1S/C18H28N2S/c1-3-7-16(8-4-1)18-15-20(12-11-19-18)13-14-21-17-9-5-2-6-10-17/h2,5-6,9-10,16,18-19H,1,3-4,7-8,11-15H2. The third kappa shape index (κ3) is 4.73. The first-order valence-electron chi connectivity index (χ1n) is 8.55. The van der Waals surface area contributed by atoms with Gasteiger partial charge in [-0.3, -0.25) is 4.90 Å². The molecule has 3 heteroatoms. The van der Waals surface area contributed by atoms with Crippen molar-refractivity contribution in [1.29, 1.82) is 0 Å². The van der Waals surface area contributed by atoms with E-state index in [2.05, 4.69) is 40.5 Å². The molecule has 116 valence electrons. The average molecular weight is 305 g/mol. The fourth-order valence-electron chi connectivity index (χ4n) is 3.71. The van der Waals surface area contributed by atoms with E-state index in [1.165, 1.54) is 68.9 Å². The molecule has 2 fully saturated rings. The lowest BCUT2D eigenvalue weighted by Crippen LogP contribution is -2.54. The van der Waals surface area contributed by atoms with Gasteiger partial charge in [0.25, 0.3) is 0 Å². The summed E-state index contributed by atoms with van der Waals surface area (Å²) in [4.78, 5) is 4.07. The van der Waals surface area contributed by atoms with E-state index in [0.717, 1.165) is 12.0 Å². The monoisotopic (exact) mass is 304 g/mol. The van der Waals surface area contributed by atoms with Crippen LogP contribution >= 0.6 is 11.8 Å². The van der Waals surface area contributed by atoms with Crippen LogP contribution in [-0.2, 0) is 0 Å². The van der Waals surface area contributed by atoms with Gasteiger partial charge in [-0.2, -0.15) is 0 Å². The Bertz CT molecular complexity index is 403. The summed E-state index contributed by atoms with van der Waals surface area (Å²) in [6.07, 6.45) is 7.26. The van der Waals surface area contributed by atoms with Gasteiger partial charge in [-0.1, -0.05) is 37.5 Å². The van der Waals surface area contributed by atoms with Crippen molar-refractivity contribution in [1.82, 2.24) is 10.2 Å². The smallest absolute Gasteiger partial charge is 0.0223 e. The van der Waals surface area contributed by atoms with E-state index in [-0.39, 0.29) is 0 Å². The first-order chi connectivity index (χ1) is 10.4. The zero-order valence-corrected chi connectivity index (χ0v) is 13.8. The Morgan fingerprint density at radius 1 is 1.10 bits per heavy atom. The number of benzene rings is 1. The van der Waals surface area contributed by atoms with Gasteiger partial charge in [-0.05, 0) is 30.9 Å². The topological polar surface area (TPSA) is 15.3 Å². The second kappa shape index (κ2) is 8.21. The molecule has 3 rings (SSSR count). The van der Waals surface area contributed by atoms with Crippen LogP contribution in [0.3, 0.4) is 0 Å². The van der Waals surface area contributed by atoms with Gasteiger partial charge in [0.05, 0.1) is 0 Å². The first kappa shape index (κ1) is 15.4. The van der Waals surface area contributed by atoms with Crippen molar-refractivity contribution in [3.8, 4) is 0 Å². The molecule has 0 spiro atoms. The number of piperazine rings is 1. The molecule has 1 N–H and O–H groups in total. The highest BCUT2D eigenvalue weighted by Crippen LogP contribution is 2.27. The maximum Gasteiger partial charge on any atom is 0.0223 e. The summed E-state index contributed by atoms with van der Waals surface area (Å²) in [5.41, 5.74) is 0. The Balaban J connectivity index is 1.41. The fraction of sp³-hybridized carbons (Fsp3) is 0.667. The van der Waals surface area contributed by atoms with Gasteiger partial charge in [0, 0.05) is 42.9 Å². The number of nitrogens with zero attached hydrogens (tertiary/aromatic N) is 1. The Hall–Kier alpha value is -0.510. The molecule has 0 aromatic heterocycles. The summed E-state index contributed by atoms with van der Waals surface area (Å²) in [7, 11) is 0. The molecule has 1 saturated heterocycles. The van der Waals surface area contributed by atoms with E-state index in [1.54, 1.807) is 0 Å². The molecule has 0 amide bonds. The predicted molar refractivity (Wildman–Crippen MR) is 92.0 cm³/mol. The summed E-state index contributed by atoms with van der Waals surface area (Å²) in [5.74, 6) is 2.14. The van der Waals surface area contributed by atoms with Gasteiger partial charge in [0.15, 0.2) is 0 Å². The lowest BCUT2D eigenvalue weighted by Gasteiger charge is -2.39. The molecular weight excluding hydrogens is 276 g/mol. The van der Waals surface area contributed by atoms with Crippen LogP contribution < -0.4 is 5.32 Å². The van der Waals surface area contributed by atoms with Crippen LogP contribution in [0.4, 0.5) is 0 Å². The minimum Gasteiger partial charge on any atom is -0.311 e. The maximum absolute atomic E-state index is 3.78.